The first-order valence-electron chi connectivity index (χ1n) is 15.5. The van der Waals surface area contributed by atoms with Gasteiger partial charge in [0.1, 0.15) is 0 Å². The Hall–Kier alpha value is -6.19. The van der Waals surface area contributed by atoms with Gasteiger partial charge < -0.3 is 0 Å². The highest BCUT2D eigenvalue weighted by atomic mass is 15.0. The second-order valence-electron chi connectivity index (χ2n) is 11.2. The predicted octanol–water partition coefficient (Wildman–Crippen LogP) is 11.0. The first-order valence-corrected chi connectivity index (χ1v) is 15.5. The van der Waals surface area contributed by atoms with Crippen molar-refractivity contribution in [3.8, 4) is 67.5 Å². The molecule has 0 saturated carbocycles. The molecule has 216 valence electrons. The van der Waals surface area contributed by atoms with Crippen LogP contribution in [0.4, 0.5) is 0 Å². The fourth-order valence-electron chi connectivity index (χ4n) is 6.10. The summed E-state index contributed by atoms with van der Waals surface area (Å²) in [5, 5.41) is 2.24. The van der Waals surface area contributed by atoms with E-state index in [0.29, 0.717) is 17.5 Å². The van der Waals surface area contributed by atoms with E-state index >= 15 is 0 Å². The van der Waals surface area contributed by atoms with Gasteiger partial charge in [0.05, 0.1) is 0 Å². The van der Waals surface area contributed by atoms with Gasteiger partial charge in [-0.05, 0) is 56.3 Å². The first-order chi connectivity index (χ1) is 22.8. The van der Waals surface area contributed by atoms with Gasteiger partial charge in [0.2, 0.25) is 0 Å². The van der Waals surface area contributed by atoms with Gasteiger partial charge in [-0.3, -0.25) is 0 Å². The van der Waals surface area contributed by atoms with E-state index in [2.05, 4.69) is 146 Å². The van der Waals surface area contributed by atoms with Gasteiger partial charge in [0.15, 0.2) is 17.5 Å². The van der Waals surface area contributed by atoms with Gasteiger partial charge in [-0.25, -0.2) is 15.0 Å². The summed E-state index contributed by atoms with van der Waals surface area (Å²) in [5.74, 6) is 1.93. The van der Waals surface area contributed by atoms with Gasteiger partial charge >= 0.3 is 0 Å². The van der Waals surface area contributed by atoms with Crippen LogP contribution in [0.25, 0.3) is 78.3 Å². The van der Waals surface area contributed by atoms with Crippen LogP contribution in [0.5, 0.6) is 0 Å². The van der Waals surface area contributed by atoms with Crippen LogP contribution in [0.15, 0.2) is 176 Å². The summed E-state index contributed by atoms with van der Waals surface area (Å²) in [6.07, 6.45) is 0. The summed E-state index contributed by atoms with van der Waals surface area (Å²) < 4.78 is 0. The Balaban J connectivity index is 1.38. The predicted molar refractivity (Wildman–Crippen MR) is 190 cm³/mol. The molecule has 8 aromatic rings. The van der Waals surface area contributed by atoms with Crippen LogP contribution in [0.2, 0.25) is 0 Å². The molecule has 0 aliphatic carbocycles. The maximum absolute atomic E-state index is 5.20. The Morgan fingerprint density at radius 3 is 1.33 bits per heavy atom. The van der Waals surface area contributed by atoms with Crippen molar-refractivity contribution in [3.63, 3.8) is 0 Å². The second kappa shape index (κ2) is 12.1. The van der Waals surface area contributed by atoms with Gasteiger partial charge in [0.25, 0.3) is 0 Å². The molecule has 7 aromatic carbocycles. The van der Waals surface area contributed by atoms with Crippen LogP contribution in [0.1, 0.15) is 0 Å². The molecule has 0 spiro atoms. The maximum atomic E-state index is 5.20. The van der Waals surface area contributed by atoms with Crippen molar-refractivity contribution < 1.29 is 0 Å². The zero-order valence-electron chi connectivity index (χ0n) is 25.1. The summed E-state index contributed by atoms with van der Waals surface area (Å²) in [4.78, 5) is 15.4. The lowest BCUT2D eigenvalue weighted by Crippen LogP contribution is -2.01. The van der Waals surface area contributed by atoms with Crippen molar-refractivity contribution in [2.75, 3.05) is 0 Å². The van der Waals surface area contributed by atoms with E-state index in [1.54, 1.807) is 0 Å². The van der Waals surface area contributed by atoms with Crippen molar-refractivity contribution in [1.82, 2.24) is 15.0 Å². The molecule has 3 nitrogen and oxygen atoms in total. The lowest BCUT2D eigenvalue weighted by atomic mass is 9.92. The van der Waals surface area contributed by atoms with Gasteiger partial charge in [-0.2, -0.15) is 0 Å². The van der Waals surface area contributed by atoms with Crippen molar-refractivity contribution in [1.29, 1.82) is 0 Å². The molecule has 0 N–H and O–H groups in total. The molecule has 0 saturated heterocycles. The normalized spacial score (nSPS) is 11.0. The Morgan fingerprint density at radius 1 is 0.239 bits per heavy atom. The summed E-state index contributed by atoms with van der Waals surface area (Å²) in [6.45, 7) is 0. The van der Waals surface area contributed by atoms with E-state index in [9.17, 15) is 0 Å². The number of hydrogen-bond donors (Lipinski definition) is 0. The number of aromatic nitrogens is 3. The van der Waals surface area contributed by atoms with E-state index in [-0.39, 0.29) is 0 Å². The van der Waals surface area contributed by atoms with Crippen LogP contribution < -0.4 is 0 Å². The van der Waals surface area contributed by atoms with E-state index in [4.69, 9.17) is 15.0 Å². The Morgan fingerprint density at radius 2 is 0.696 bits per heavy atom. The SMILES string of the molecule is c1ccc(-c2ccc3c(-c4nc(-c5ccccc5)nc(-c5ccccc5-c5ccccc5)n4)ccc(-c4ccccc4)c3c2)cc1. The third kappa shape index (κ3) is 5.25. The summed E-state index contributed by atoms with van der Waals surface area (Å²) in [7, 11) is 0. The average molecular weight is 588 g/mol. The van der Waals surface area contributed by atoms with Gasteiger partial charge in [-0.15, -0.1) is 0 Å². The zero-order chi connectivity index (χ0) is 30.7. The van der Waals surface area contributed by atoms with E-state index in [0.717, 1.165) is 38.6 Å². The molecule has 0 atom stereocenters. The third-order valence-corrected chi connectivity index (χ3v) is 8.37. The highest BCUT2D eigenvalue weighted by molar-refractivity contribution is 6.06. The molecule has 1 heterocycles. The number of hydrogen-bond acceptors (Lipinski definition) is 3. The Kier molecular flexibility index (Phi) is 7.18. The molecule has 8 rings (SSSR count). The van der Waals surface area contributed by atoms with Gasteiger partial charge in [0, 0.05) is 16.7 Å². The van der Waals surface area contributed by atoms with E-state index in [1.807, 2.05) is 30.3 Å². The zero-order valence-corrected chi connectivity index (χ0v) is 25.1. The minimum Gasteiger partial charge on any atom is -0.208 e. The number of benzene rings is 7. The fraction of sp³-hybridized carbons (Fsp3) is 0. The first kappa shape index (κ1) is 27.4. The van der Waals surface area contributed by atoms with Crippen LogP contribution in [-0.4, -0.2) is 15.0 Å². The van der Waals surface area contributed by atoms with Crippen molar-refractivity contribution in [2.45, 2.75) is 0 Å². The van der Waals surface area contributed by atoms with Crippen LogP contribution in [0, 0.1) is 0 Å². The molecule has 0 aliphatic heterocycles. The number of nitrogens with zero attached hydrogens (tertiary/aromatic N) is 3. The van der Waals surface area contributed by atoms with Crippen molar-refractivity contribution in [3.05, 3.63) is 176 Å². The molecule has 0 aliphatic rings. The summed E-state index contributed by atoms with van der Waals surface area (Å²) in [5.41, 5.74) is 9.76. The lowest BCUT2D eigenvalue weighted by molar-refractivity contribution is 1.08. The monoisotopic (exact) mass is 587 g/mol. The standard InChI is InChI=1S/C43H29N3/c1-5-15-30(16-6-1)34-25-26-37-39(28-27-36(40(37)29-34)32-19-9-3-10-20-32)43-45-41(33-21-11-4-12-22-33)44-42(46-43)38-24-14-13-23-35(38)31-17-7-2-8-18-31/h1-29H. The Bertz CT molecular complexity index is 2280. The molecule has 0 radical (unpaired) electrons. The summed E-state index contributed by atoms with van der Waals surface area (Å²) in [6, 6.07) is 61.0. The molecule has 0 amide bonds. The van der Waals surface area contributed by atoms with Crippen LogP contribution >= 0.6 is 0 Å². The molecule has 0 fully saturated rings. The highest BCUT2D eigenvalue weighted by Gasteiger charge is 2.18. The highest BCUT2D eigenvalue weighted by Crippen LogP contribution is 2.38. The Labute approximate surface area is 268 Å². The minimum atomic E-state index is 0.642. The minimum absolute atomic E-state index is 0.642. The lowest BCUT2D eigenvalue weighted by Gasteiger charge is -2.15. The molecule has 3 heteroatoms. The fourth-order valence-corrected chi connectivity index (χ4v) is 6.10. The average Bonchev–Trinajstić information content (AvgIpc) is 3.15. The smallest absolute Gasteiger partial charge is 0.164 e. The van der Waals surface area contributed by atoms with E-state index < -0.39 is 0 Å². The second-order valence-corrected chi connectivity index (χ2v) is 11.2. The molecule has 0 bridgehead atoms. The number of rotatable bonds is 6. The molecule has 0 unspecified atom stereocenters. The van der Waals surface area contributed by atoms with Gasteiger partial charge in [-0.1, -0.05) is 164 Å². The largest absolute Gasteiger partial charge is 0.208 e. The third-order valence-electron chi connectivity index (χ3n) is 8.37. The maximum Gasteiger partial charge on any atom is 0.164 e. The molecule has 1 aromatic heterocycles. The van der Waals surface area contributed by atoms with Crippen molar-refractivity contribution >= 4 is 10.8 Å². The number of fused-ring (bicyclic) bond motifs is 1. The van der Waals surface area contributed by atoms with Crippen LogP contribution in [-0.2, 0) is 0 Å². The topological polar surface area (TPSA) is 38.7 Å². The quantitative estimate of drug-likeness (QED) is 0.194. The van der Waals surface area contributed by atoms with Crippen molar-refractivity contribution in [2.24, 2.45) is 0 Å². The summed E-state index contributed by atoms with van der Waals surface area (Å²) >= 11 is 0. The molecular formula is C43H29N3. The van der Waals surface area contributed by atoms with E-state index in [1.165, 1.54) is 22.3 Å². The van der Waals surface area contributed by atoms with Crippen LogP contribution in [0.3, 0.4) is 0 Å². The molecule has 46 heavy (non-hydrogen) atoms. The molecular weight excluding hydrogens is 558 g/mol.